The highest BCUT2D eigenvalue weighted by atomic mass is 19.1. The molecule has 11 heavy (non-hydrogen) atoms. The van der Waals surface area contributed by atoms with Crippen molar-refractivity contribution in [1.29, 1.82) is 0 Å². The number of rotatable bonds is 1. The molecular weight excluding hydrogens is 149 g/mol. The van der Waals surface area contributed by atoms with Gasteiger partial charge >= 0.3 is 6.03 Å². The molecule has 1 rings (SSSR count). The minimum Gasteiger partial charge on any atom is -0.352 e. The van der Waals surface area contributed by atoms with Crippen molar-refractivity contribution in [3.05, 3.63) is 0 Å². The lowest BCUT2D eigenvalue weighted by atomic mass is 10.1. The second-order valence-electron chi connectivity index (χ2n) is 2.62. The van der Waals surface area contributed by atoms with Crippen molar-refractivity contribution in [1.82, 2.24) is 10.6 Å². The molecular formula is C6H12FN3O. The van der Waals surface area contributed by atoms with E-state index in [2.05, 4.69) is 10.6 Å². The molecule has 1 fully saturated rings. The zero-order valence-corrected chi connectivity index (χ0v) is 6.14. The van der Waals surface area contributed by atoms with Gasteiger partial charge in [-0.2, -0.15) is 0 Å². The summed E-state index contributed by atoms with van der Waals surface area (Å²) in [6.07, 6.45) is -0.416. The maximum atomic E-state index is 12.9. The number of amides is 2. The molecule has 0 saturated carbocycles. The van der Waals surface area contributed by atoms with E-state index in [1.54, 1.807) is 0 Å². The molecule has 0 aliphatic carbocycles. The molecule has 2 atom stereocenters. The number of hydrogen-bond donors (Lipinski definition) is 3. The summed E-state index contributed by atoms with van der Waals surface area (Å²) in [6.45, 7) is 1.02. The van der Waals surface area contributed by atoms with Gasteiger partial charge in [0.15, 0.2) is 0 Å². The molecule has 4 N–H and O–H groups in total. The SMILES string of the molecule is NC(=O)NC1CCNCC1F. The van der Waals surface area contributed by atoms with Crippen LogP contribution < -0.4 is 16.4 Å². The Morgan fingerprint density at radius 3 is 3.00 bits per heavy atom. The molecule has 1 aliphatic heterocycles. The number of nitrogens with two attached hydrogens (primary N) is 1. The standard InChI is InChI=1S/C6H12FN3O/c7-4-3-9-2-1-5(4)10-6(8)11/h4-5,9H,1-3H2,(H3,8,10,11). The van der Waals surface area contributed by atoms with Gasteiger partial charge in [-0.05, 0) is 13.0 Å². The zero-order valence-electron chi connectivity index (χ0n) is 6.14. The van der Waals surface area contributed by atoms with Gasteiger partial charge in [-0.15, -0.1) is 0 Å². The topological polar surface area (TPSA) is 67.2 Å². The molecule has 2 unspecified atom stereocenters. The molecule has 4 nitrogen and oxygen atoms in total. The van der Waals surface area contributed by atoms with Crippen LogP contribution in [0, 0.1) is 0 Å². The van der Waals surface area contributed by atoms with Crippen molar-refractivity contribution in [3.8, 4) is 0 Å². The normalized spacial score (nSPS) is 31.4. The second-order valence-corrected chi connectivity index (χ2v) is 2.62. The molecule has 1 aliphatic rings. The third-order valence-electron chi connectivity index (χ3n) is 1.74. The highest BCUT2D eigenvalue weighted by Crippen LogP contribution is 2.06. The first-order valence-corrected chi connectivity index (χ1v) is 3.61. The Morgan fingerprint density at radius 1 is 1.73 bits per heavy atom. The molecule has 1 saturated heterocycles. The van der Waals surface area contributed by atoms with E-state index in [0.29, 0.717) is 13.0 Å². The van der Waals surface area contributed by atoms with Crippen LogP contribution in [0.15, 0.2) is 0 Å². The van der Waals surface area contributed by atoms with Crippen LogP contribution in [0.1, 0.15) is 6.42 Å². The minimum atomic E-state index is -1.02. The number of primary amides is 1. The van der Waals surface area contributed by atoms with Gasteiger partial charge in [0.25, 0.3) is 0 Å². The van der Waals surface area contributed by atoms with Crippen LogP contribution in [0.4, 0.5) is 9.18 Å². The van der Waals surface area contributed by atoms with Gasteiger partial charge < -0.3 is 16.4 Å². The Bertz CT molecular complexity index is 153. The fourth-order valence-corrected chi connectivity index (χ4v) is 1.17. The number of carbonyl (C=O) groups is 1. The zero-order chi connectivity index (χ0) is 8.27. The van der Waals surface area contributed by atoms with Crippen LogP contribution in [0.2, 0.25) is 0 Å². The van der Waals surface area contributed by atoms with Gasteiger partial charge in [0, 0.05) is 6.54 Å². The molecule has 0 radical (unpaired) electrons. The average molecular weight is 161 g/mol. The summed E-state index contributed by atoms with van der Waals surface area (Å²) >= 11 is 0. The molecule has 64 valence electrons. The molecule has 2 amide bonds. The first kappa shape index (κ1) is 8.26. The molecule has 0 bridgehead atoms. The van der Waals surface area contributed by atoms with Crippen molar-refractivity contribution in [2.45, 2.75) is 18.6 Å². The Hall–Kier alpha value is -0.840. The van der Waals surface area contributed by atoms with E-state index in [1.165, 1.54) is 0 Å². The number of piperidine rings is 1. The van der Waals surface area contributed by atoms with Gasteiger partial charge in [0.2, 0.25) is 0 Å². The highest BCUT2D eigenvalue weighted by molar-refractivity contribution is 5.72. The third kappa shape index (κ3) is 2.34. The van der Waals surface area contributed by atoms with E-state index in [9.17, 15) is 9.18 Å². The molecule has 0 spiro atoms. The van der Waals surface area contributed by atoms with Gasteiger partial charge in [-0.25, -0.2) is 9.18 Å². The average Bonchev–Trinajstić information content (AvgIpc) is 1.93. The third-order valence-corrected chi connectivity index (χ3v) is 1.74. The van der Waals surface area contributed by atoms with Gasteiger partial charge in [0.1, 0.15) is 6.17 Å². The van der Waals surface area contributed by atoms with Gasteiger partial charge in [0.05, 0.1) is 6.04 Å². The Morgan fingerprint density at radius 2 is 2.45 bits per heavy atom. The first-order chi connectivity index (χ1) is 5.20. The van der Waals surface area contributed by atoms with E-state index in [-0.39, 0.29) is 0 Å². The van der Waals surface area contributed by atoms with Crippen molar-refractivity contribution in [2.24, 2.45) is 5.73 Å². The second kappa shape index (κ2) is 3.52. The Labute approximate surface area is 64.3 Å². The molecule has 0 aromatic rings. The van der Waals surface area contributed by atoms with Crippen LogP contribution in [0.3, 0.4) is 0 Å². The fourth-order valence-electron chi connectivity index (χ4n) is 1.17. The molecule has 5 heteroatoms. The minimum absolute atomic E-state index is 0.297. The summed E-state index contributed by atoms with van der Waals surface area (Å²) in [6, 6.07) is -1.06. The van der Waals surface area contributed by atoms with Crippen molar-refractivity contribution in [2.75, 3.05) is 13.1 Å². The number of urea groups is 1. The summed E-state index contributed by atoms with van der Waals surface area (Å²) in [5.41, 5.74) is 4.85. The van der Waals surface area contributed by atoms with E-state index in [1.807, 2.05) is 0 Å². The largest absolute Gasteiger partial charge is 0.352 e. The maximum Gasteiger partial charge on any atom is 0.312 e. The smallest absolute Gasteiger partial charge is 0.312 e. The van der Waals surface area contributed by atoms with E-state index >= 15 is 0 Å². The first-order valence-electron chi connectivity index (χ1n) is 3.61. The lowest BCUT2D eigenvalue weighted by Crippen LogP contribution is -2.52. The van der Waals surface area contributed by atoms with E-state index in [4.69, 9.17) is 5.73 Å². The molecule has 0 aromatic heterocycles. The number of nitrogens with one attached hydrogen (secondary N) is 2. The monoisotopic (exact) mass is 161 g/mol. The number of alkyl halides is 1. The molecule has 1 heterocycles. The number of hydrogen-bond acceptors (Lipinski definition) is 2. The Kier molecular flexibility index (Phi) is 2.64. The lowest BCUT2D eigenvalue weighted by Gasteiger charge is -2.26. The fraction of sp³-hybridized carbons (Fsp3) is 0.833. The lowest BCUT2D eigenvalue weighted by molar-refractivity contribution is 0.197. The van der Waals surface area contributed by atoms with Crippen LogP contribution in [0.25, 0.3) is 0 Å². The molecule has 0 aromatic carbocycles. The predicted octanol–water partition coefficient (Wildman–Crippen LogP) is -0.645. The van der Waals surface area contributed by atoms with Gasteiger partial charge in [-0.3, -0.25) is 0 Å². The van der Waals surface area contributed by atoms with Crippen molar-refractivity contribution >= 4 is 6.03 Å². The summed E-state index contributed by atoms with van der Waals surface area (Å²) < 4.78 is 12.9. The summed E-state index contributed by atoms with van der Waals surface area (Å²) in [5, 5.41) is 5.23. The van der Waals surface area contributed by atoms with Gasteiger partial charge in [-0.1, -0.05) is 0 Å². The van der Waals surface area contributed by atoms with Crippen LogP contribution >= 0.6 is 0 Å². The van der Waals surface area contributed by atoms with E-state index in [0.717, 1.165) is 6.54 Å². The van der Waals surface area contributed by atoms with Crippen molar-refractivity contribution in [3.63, 3.8) is 0 Å². The number of halogens is 1. The predicted molar refractivity (Wildman–Crippen MR) is 38.9 cm³/mol. The Balaban J connectivity index is 2.35. The summed E-state index contributed by atoms with van der Waals surface area (Å²) in [4.78, 5) is 10.3. The summed E-state index contributed by atoms with van der Waals surface area (Å²) in [5.74, 6) is 0. The van der Waals surface area contributed by atoms with Crippen LogP contribution in [0.5, 0.6) is 0 Å². The van der Waals surface area contributed by atoms with Crippen molar-refractivity contribution < 1.29 is 9.18 Å². The highest BCUT2D eigenvalue weighted by Gasteiger charge is 2.24. The number of carbonyl (C=O) groups excluding carboxylic acids is 1. The van der Waals surface area contributed by atoms with Crippen LogP contribution in [-0.4, -0.2) is 31.3 Å². The van der Waals surface area contributed by atoms with E-state index < -0.39 is 18.2 Å². The maximum absolute atomic E-state index is 12.9. The van der Waals surface area contributed by atoms with Crippen LogP contribution in [-0.2, 0) is 0 Å². The summed E-state index contributed by atoms with van der Waals surface area (Å²) in [7, 11) is 0. The quantitative estimate of drug-likeness (QED) is 0.478.